The molecular formula is C20H27N5O. The number of rotatable bonds is 5. The van der Waals surface area contributed by atoms with Crippen molar-refractivity contribution < 1.29 is 4.79 Å². The molecule has 26 heavy (non-hydrogen) atoms. The van der Waals surface area contributed by atoms with Crippen molar-refractivity contribution in [2.45, 2.75) is 26.8 Å². The Kier molecular flexibility index (Phi) is 6.17. The first-order chi connectivity index (χ1) is 12.6. The van der Waals surface area contributed by atoms with Gasteiger partial charge in [0.2, 0.25) is 0 Å². The average molecular weight is 353 g/mol. The highest BCUT2D eigenvalue weighted by Crippen LogP contribution is 2.10. The van der Waals surface area contributed by atoms with E-state index < -0.39 is 0 Å². The molecule has 6 nitrogen and oxygen atoms in total. The summed E-state index contributed by atoms with van der Waals surface area (Å²) in [6.45, 7) is 8.94. The maximum atomic E-state index is 12.3. The second-order valence-electron chi connectivity index (χ2n) is 6.82. The number of aromatic nitrogens is 2. The van der Waals surface area contributed by atoms with Crippen molar-refractivity contribution in [3.05, 3.63) is 59.2 Å². The molecule has 0 aliphatic carbocycles. The number of hydrogen-bond donors (Lipinski definition) is 1. The number of nitrogens with one attached hydrogen (secondary N) is 1. The van der Waals surface area contributed by atoms with Gasteiger partial charge in [-0.1, -0.05) is 29.8 Å². The number of aryl methyl sites for hydroxylation is 2. The number of carbonyl (C=O) groups excluding carboxylic acids is 1. The summed E-state index contributed by atoms with van der Waals surface area (Å²) in [6, 6.07) is 8.64. The molecule has 3 rings (SSSR count). The molecule has 138 valence electrons. The van der Waals surface area contributed by atoms with E-state index in [1.165, 1.54) is 11.1 Å². The standard InChI is InChI=1S/C20H27N5O/c1-16-4-3-5-18(14-16)15-24-10-12-25(13-11-24)20(26)23-7-6-19-17(2)21-8-9-22-19/h3-5,8-9,14H,6-7,10-13,15H2,1-2H3,(H,23,26). The van der Waals surface area contributed by atoms with Crippen molar-refractivity contribution >= 4 is 6.03 Å². The lowest BCUT2D eigenvalue weighted by Gasteiger charge is -2.34. The first-order valence-electron chi connectivity index (χ1n) is 9.19. The Hall–Kier alpha value is -2.47. The zero-order chi connectivity index (χ0) is 18.4. The Morgan fingerprint density at radius 3 is 2.62 bits per heavy atom. The van der Waals surface area contributed by atoms with E-state index in [0.717, 1.165) is 44.1 Å². The molecule has 0 bridgehead atoms. The molecule has 1 fully saturated rings. The van der Waals surface area contributed by atoms with Crippen LogP contribution in [0, 0.1) is 13.8 Å². The van der Waals surface area contributed by atoms with Gasteiger partial charge in [-0.2, -0.15) is 0 Å². The number of hydrogen-bond acceptors (Lipinski definition) is 4. The monoisotopic (exact) mass is 353 g/mol. The van der Waals surface area contributed by atoms with Crippen LogP contribution in [0.2, 0.25) is 0 Å². The fourth-order valence-electron chi connectivity index (χ4n) is 3.26. The lowest BCUT2D eigenvalue weighted by molar-refractivity contribution is 0.135. The summed E-state index contributed by atoms with van der Waals surface area (Å²) in [7, 11) is 0. The van der Waals surface area contributed by atoms with Crippen LogP contribution >= 0.6 is 0 Å². The van der Waals surface area contributed by atoms with Gasteiger partial charge in [0, 0.05) is 58.1 Å². The number of urea groups is 1. The highest BCUT2D eigenvalue weighted by molar-refractivity contribution is 5.74. The smallest absolute Gasteiger partial charge is 0.317 e. The SMILES string of the molecule is Cc1cccc(CN2CCN(C(=O)NCCc3nccnc3C)CC2)c1. The summed E-state index contributed by atoms with van der Waals surface area (Å²) in [4.78, 5) is 25.2. The maximum absolute atomic E-state index is 12.3. The van der Waals surface area contributed by atoms with E-state index in [-0.39, 0.29) is 6.03 Å². The quantitative estimate of drug-likeness (QED) is 0.895. The van der Waals surface area contributed by atoms with Crippen molar-refractivity contribution in [2.75, 3.05) is 32.7 Å². The first kappa shape index (κ1) is 18.3. The molecule has 1 N–H and O–H groups in total. The van der Waals surface area contributed by atoms with Crippen molar-refractivity contribution in [2.24, 2.45) is 0 Å². The Morgan fingerprint density at radius 1 is 1.12 bits per heavy atom. The lowest BCUT2D eigenvalue weighted by Crippen LogP contribution is -2.51. The molecule has 1 aromatic heterocycles. The van der Waals surface area contributed by atoms with Crippen molar-refractivity contribution in [3.8, 4) is 0 Å². The number of amides is 2. The Balaban J connectivity index is 1.40. The lowest BCUT2D eigenvalue weighted by atomic mass is 10.1. The molecule has 1 aliphatic rings. The third kappa shape index (κ3) is 5.02. The minimum Gasteiger partial charge on any atom is -0.338 e. The molecule has 1 saturated heterocycles. The third-order valence-electron chi connectivity index (χ3n) is 4.77. The number of carbonyl (C=O) groups is 1. The van der Waals surface area contributed by atoms with Crippen LogP contribution in [0.25, 0.3) is 0 Å². The van der Waals surface area contributed by atoms with Crippen LogP contribution in [0.5, 0.6) is 0 Å². The van der Waals surface area contributed by atoms with Crippen LogP contribution in [0.4, 0.5) is 4.79 Å². The summed E-state index contributed by atoms with van der Waals surface area (Å²) < 4.78 is 0. The zero-order valence-electron chi connectivity index (χ0n) is 15.6. The summed E-state index contributed by atoms with van der Waals surface area (Å²) >= 11 is 0. The van der Waals surface area contributed by atoms with Crippen molar-refractivity contribution in [1.29, 1.82) is 0 Å². The van der Waals surface area contributed by atoms with Crippen LogP contribution < -0.4 is 5.32 Å². The van der Waals surface area contributed by atoms with Crippen LogP contribution in [-0.4, -0.2) is 58.5 Å². The first-order valence-corrected chi connectivity index (χ1v) is 9.19. The molecule has 0 unspecified atom stereocenters. The fourth-order valence-corrected chi connectivity index (χ4v) is 3.26. The second kappa shape index (κ2) is 8.76. The topological polar surface area (TPSA) is 61.4 Å². The van der Waals surface area contributed by atoms with Gasteiger partial charge in [0.05, 0.1) is 11.4 Å². The number of piperazine rings is 1. The second-order valence-corrected chi connectivity index (χ2v) is 6.82. The molecule has 2 amide bonds. The van der Waals surface area contributed by atoms with Crippen LogP contribution in [-0.2, 0) is 13.0 Å². The van der Waals surface area contributed by atoms with E-state index in [1.807, 2.05) is 11.8 Å². The van der Waals surface area contributed by atoms with Crippen LogP contribution in [0.15, 0.2) is 36.7 Å². The molecule has 1 aliphatic heterocycles. The molecule has 1 aromatic carbocycles. The van der Waals surface area contributed by atoms with Gasteiger partial charge >= 0.3 is 6.03 Å². The highest BCUT2D eigenvalue weighted by atomic mass is 16.2. The van der Waals surface area contributed by atoms with Crippen LogP contribution in [0.1, 0.15) is 22.5 Å². The summed E-state index contributed by atoms with van der Waals surface area (Å²) in [5.74, 6) is 0. The van der Waals surface area contributed by atoms with Gasteiger partial charge in [0.25, 0.3) is 0 Å². The van der Waals surface area contributed by atoms with Crippen molar-refractivity contribution in [3.63, 3.8) is 0 Å². The Bertz CT molecular complexity index is 740. The van der Waals surface area contributed by atoms with Gasteiger partial charge in [0.1, 0.15) is 0 Å². The van der Waals surface area contributed by atoms with E-state index >= 15 is 0 Å². The molecular weight excluding hydrogens is 326 g/mol. The predicted octanol–water partition coefficient (Wildman–Crippen LogP) is 2.16. The van der Waals surface area contributed by atoms with E-state index in [4.69, 9.17) is 0 Å². The Labute approximate surface area is 155 Å². The summed E-state index contributed by atoms with van der Waals surface area (Å²) in [5, 5.41) is 3.00. The van der Waals surface area contributed by atoms with E-state index in [9.17, 15) is 4.79 Å². The minimum absolute atomic E-state index is 0.0155. The van der Waals surface area contributed by atoms with Gasteiger partial charge in [-0.15, -0.1) is 0 Å². The molecule has 0 radical (unpaired) electrons. The highest BCUT2D eigenvalue weighted by Gasteiger charge is 2.20. The van der Waals surface area contributed by atoms with E-state index in [2.05, 4.69) is 51.4 Å². The van der Waals surface area contributed by atoms with Crippen LogP contribution in [0.3, 0.4) is 0 Å². The maximum Gasteiger partial charge on any atom is 0.317 e. The van der Waals surface area contributed by atoms with Gasteiger partial charge in [-0.3, -0.25) is 14.9 Å². The molecule has 2 aromatic rings. The molecule has 0 saturated carbocycles. The molecule has 2 heterocycles. The normalized spacial score (nSPS) is 15.1. The summed E-state index contributed by atoms with van der Waals surface area (Å²) in [5.41, 5.74) is 4.49. The van der Waals surface area contributed by atoms with Gasteiger partial charge in [-0.25, -0.2) is 4.79 Å². The fraction of sp³-hybridized carbons (Fsp3) is 0.450. The van der Waals surface area contributed by atoms with E-state index in [1.54, 1.807) is 12.4 Å². The van der Waals surface area contributed by atoms with E-state index in [0.29, 0.717) is 13.0 Å². The van der Waals surface area contributed by atoms with Gasteiger partial charge in [0.15, 0.2) is 0 Å². The molecule has 0 atom stereocenters. The van der Waals surface area contributed by atoms with Gasteiger partial charge in [-0.05, 0) is 19.4 Å². The number of benzene rings is 1. The van der Waals surface area contributed by atoms with Crippen molar-refractivity contribution in [1.82, 2.24) is 25.1 Å². The number of nitrogens with zero attached hydrogens (tertiary/aromatic N) is 4. The summed E-state index contributed by atoms with van der Waals surface area (Å²) in [6.07, 6.45) is 4.09. The predicted molar refractivity (Wildman–Crippen MR) is 102 cm³/mol. The minimum atomic E-state index is 0.0155. The molecule has 0 spiro atoms. The van der Waals surface area contributed by atoms with Gasteiger partial charge < -0.3 is 10.2 Å². The zero-order valence-corrected chi connectivity index (χ0v) is 15.6. The average Bonchev–Trinajstić information content (AvgIpc) is 2.64. The molecule has 6 heteroatoms. The Morgan fingerprint density at radius 2 is 1.88 bits per heavy atom. The largest absolute Gasteiger partial charge is 0.338 e. The third-order valence-corrected chi connectivity index (χ3v) is 4.77.